The molecule has 2 heterocycles. The SMILES string of the molecule is C=C(C(N)=O)c1cn(C)nc1-n1cnc(-c2cc(C(F)(F)F)cc(C(F)(F)F)c2)n1. The third-order valence-corrected chi connectivity index (χ3v) is 3.99. The second-order valence-electron chi connectivity index (χ2n) is 6.19. The van der Waals surface area contributed by atoms with Crippen LogP contribution in [0.1, 0.15) is 16.7 Å². The van der Waals surface area contributed by atoms with Gasteiger partial charge in [-0.2, -0.15) is 36.1 Å². The van der Waals surface area contributed by atoms with E-state index >= 15 is 0 Å². The van der Waals surface area contributed by atoms with Crippen LogP contribution in [0.3, 0.4) is 0 Å². The molecule has 3 rings (SSSR count). The number of primary amides is 1. The lowest BCUT2D eigenvalue weighted by Crippen LogP contribution is -2.13. The third kappa shape index (κ3) is 4.04. The fourth-order valence-electron chi connectivity index (χ4n) is 2.57. The first-order valence-corrected chi connectivity index (χ1v) is 8.02. The second kappa shape index (κ2) is 7.00. The number of rotatable bonds is 4. The molecule has 0 saturated heterocycles. The van der Waals surface area contributed by atoms with E-state index in [2.05, 4.69) is 21.8 Å². The summed E-state index contributed by atoms with van der Waals surface area (Å²) in [5.74, 6) is -1.24. The molecule has 0 aliphatic carbocycles. The summed E-state index contributed by atoms with van der Waals surface area (Å²) in [5, 5.41) is 7.97. The Labute approximate surface area is 164 Å². The first-order valence-electron chi connectivity index (χ1n) is 8.02. The van der Waals surface area contributed by atoms with Gasteiger partial charge in [-0.1, -0.05) is 6.58 Å². The van der Waals surface area contributed by atoms with Gasteiger partial charge in [-0.25, -0.2) is 4.98 Å². The van der Waals surface area contributed by atoms with Crippen LogP contribution in [0.4, 0.5) is 26.3 Å². The van der Waals surface area contributed by atoms with Gasteiger partial charge in [0.25, 0.3) is 0 Å². The predicted molar refractivity (Wildman–Crippen MR) is 91.8 cm³/mol. The van der Waals surface area contributed by atoms with Gasteiger partial charge in [-0.15, -0.1) is 5.10 Å². The van der Waals surface area contributed by atoms with Gasteiger partial charge < -0.3 is 5.73 Å². The first-order chi connectivity index (χ1) is 13.8. The topological polar surface area (TPSA) is 91.6 Å². The number of aryl methyl sites for hydroxylation is 1. The van der Waals surface area contributed by atoms with Gasteiger partial charge in [0.2, 0.25) is 5.91 Å². The molecule has 7 nitrogen and oxygen atoms in total. The zero-order chi connectivity index (χ0) is 22.4. The molecule has 0 aliphatic rings. The van der Waals surface area contributed by atoms with Crippen LogP contribution < -0.4 is 5.73 Å². The van der Waals surface area contributed by atoms with Gasteiger partial charge in [0, 0.05) is 24.4 Å². The van der Waals surface area contributed by atoms with Crippen molar-refractivity contribution >= 4 is 11.5 Å². The van der Waals surface area contributed by atoms with Crippen molar-refractivity contribution in [1.29, 1.82) is 0 Å². The Morgan fingerprint density at radius 3 is 2.10 bits per heavy atom. The van der Waals surface area contributed by atoms with E-state index in [0.29, 0.717) is 12.1 Å². The number of nitrogens with zero attached hydrogens (tertiary/aromatic N) is 5. The molecular weight excluding hydrogens is 418 g/mol. The number of hydrogen-bond donors (Lipinski definition) is 1. The average molecular weight is 430 g/mol. The monoisotopic (exact) mass is 430 g/mol. The minimum Gasteiger partial charge on any atom is -0.366 e. The minimum absolute atomic E-state index is 0.00813. The van der Waals surface area contributed by atoms with Crippen molar-refractivity contribution in [3.63, 3.8) is 0 Å². The molecule has 13 heteroatoms. The van der Waals surface area contributed by atoms with Crippen LogP contribution in [0.5, 0.6) is 0 Å². The molecule has 3 aromatic rings. The Kier molecular flexibility index (Phi) is 4.92. The van der Waals surface area contributed by atoms with E-state index in [1.54, 1.807) is 0 Å². The zero-order valence-corrected chi connectivity index (χ0v) is 15.1. The van der Waals surface area contributed by atoms with Crippen molar-refractivity contribution in [2.45, 2.75) is 12.4 Å². The molecule has 1 aromatic carbocycles. The summed E-state index contributed by atoms with van der Waals surface area (Å²) in [6.45, 7) is 3.53. The molecule has 2 aromatic heterocycles. The van der Waals surface area contributed by atoms with Crippen LogP contribution in [-0.4, -0.2) is 30.5 Å². The summed E-state index contributed by atoms with van der Waals surface area (Å²) in [6.07, 6.45) is -7.59. The quantitative estimate of drug-likeness (QED) is 0.508. The van der Waals surface area contributed by atoms with Gasteiger partial charge in [-0.05, 0) is 18.2 Å². The maximum absolute atomic E-state index is 13.1. The molecule has 1 amide bonds. The lowest BCUT2D eigenvalue weighted by atomic mass is 10.0. The molecule has 0 fully saturated rings. The number of halogens is 6. The van der Waals surface area contributed by atoms with Crippen LogP contribution in [-0.2, 0) is 24.2 Å². The van der Waals surface area contributed by atoms with Crippen molar-refractivity contribution in [2.24, 2.45) is 12.8 Å². The molecule has 0 spiro atoms. The Balaban J connectivity index is 2.12. The fraction of sp³-hybridized carbons (Fsp3) is 0.176. The molecule has 30 heavy (non-hydrogen) atoms. The Morgan fingerprint density at radius 1 is 1.03 bits per heavy atom. The van der Waals surface area contributed by atoms with Gasteiger partial charge in [0.05, 0.1) is 16.7 Å². The van der Waals surface area contributed by atoms with E-state index in [4.69, 9.17) is 5.73 Å². The summed E-state index contributed by atoms with van der Waals surface area (Å²) < 4.78 is 80.7. The molecule has 0 aliphatic heterocycles. The number of nitrogens with two attached hydrogens (primary N) is 1. The molecule has 0 unspecified atom stereocenters. The van der Waals surface area contributed by atoms with E-state index in [0.717, 1.165) is 11.0 Å². The van der Waals surface area contributed by atoms with Gasteiger partial charge in [0.1, 0.15) is 6.33 Å². The summed E-state index contributed by atoms with van der Waals surface area (Å²) in [4.78, 5) is 15.2. The summed E-state index contributed by atoms with van der Waals surface area (Å²) in [5.41, 5.74) is 1.76. The van der Waals surface area contributed by atoms with Crippen LogP contribution in [0, 0.1) is 0 Å². The molecule has 158 valence electrons. The van der Waals surface area contributed by atoms with Crippen molar-refractivity contribution in [1.82, 2.24) is 24.5 Å². The average Bonchev–Trinajstić information content (AvgIpc) is 3.25. The minimum atomic E-state index is -5.01. The van der Waals surface area contributed by atoms with Crippen LogP contribution in [0.2, 0.25) is 0 Å². The number of alkyl halides is 6. The van der Waals surface area contributed by atoms with Crippen molar-refractivity contribution in [3.8, 4) is 17.2 Å². The summed E-state index contributed by atoms with van der Waals surface area (Å²) >= 11 is 0. The van der Waals surface area contributed by atoms with Crippen molar-refractivity contribution in [3.05, 3.63) is 54.0 Å². The second-order valence-corrected chi connectivity index (χ2v) is 6.19. The van der Waals surface area contributed by atoms with Crippen LogP contribution in [0.25, 0.3) is 22.8 Å². The molecule has 2 N–H and O–H groups in total. The van der Waals surface area contributed by atoms with Gasteiger partial charge in [0.15, 0.2) is 11.6 Å². The fourth-order valence-corrected chi connectivity index (χ4v) is 2.57. The highest BCUT2D eigenvalue weighted by molar-refractivity contribution is 6.18. The lowest BCUT2D eigenvalue weighted by Gasteiger charge is -2.13. The van der Waals surface area contributed by atoms with E-state index in [-0.39, 0.29) is 23.0 Å². The molecule has 0 saturated carbocycles. The maximum Gasteiger partial charge on any atom is 0.416 e. The number of amides is 1. The van der Waals surface area contributed by atoms with E-state index in [1.807, 2.05) is 0 Å². The number of aromatic nitrogens is 5. The largest absolute Gasteiger partial charge is 0.416 e. The standard InChI is InChI=1S/C17H12F6N6O/c1-8(13(24)30)12-6-28(2)27-15(12)29-7-25-14(26-29)9-3-10(16(18,19)20)5-11(4-9)17(21,22)23/h3-7H,1H2,2H3,(H2,24,30). The van der Waals surface area contributed by atoms with Crippen molar-refractivity contribution in [2.75, 3.05) is 0 Å². The van der Waals surface area contributed by atoms with Crippen molar-refractivity contribution < 1.29 is 31.1 Å². The van der Waals surface area contributed by atoms with Gasteiger partial charge in [-0.3, -0.25) is 9.48 Å². The van der Waals surface area contributed by atoms with E-state index < -0.39 is 40.8 Å². The number of carbonyl (C=O) groups excluding carboxylic acids is 1. The highest BCUT2D eigenvalue weighted by Crippen LogP contribution is 2.38. The Morgan fingerprint density at radius 2 is 1.60 bits per heavy atom. The Bertz CT molecular complexity index is 1110. The summed E-state index contributed by atoms with van der Waals surface area (Å²) in [6, 6.07) is 1.03. The van der Waals surface area contributed by atoms with Crippen LogP contribution >= 0.6 is 0 Å². The molecule has 0 atom stereocenters. The number of carbonyl (C=O) groups is 1. The first kappa shape index (κ1) is 21.1. The van der Waals surface area contributed by atoms with Crippen LogP contribution in [0.15, 0.2) is 37.3 Å². The van der Waals surface area contributed by atoms with E-state index in [9.17, 15) is 31.1 Å². The molecular formula is C17H12F6N6O. The highest BCUT2D eigenvalue weighted by Gasteiger charge is 2.37. The van der Waals surface area contributed by atoms with Gasteiger partial charge >= 0.3 is 12.4 Å². The molecule has 0 radical (unpaired) electrons. The highest BCUT2D eigenvalue weighted by atomic mass is 19.4. The predicted octanol–water partition coefficient (Wildman–Crippen LogP) is 3.20. The smallest absolute Gasteiger partial charge is 0.366 e. The number of hydrogen-bond acceptors (Lipinski definition) is 4. The summed E-state index contributed by atoms with van der Waals surface area (Å²) in [7, 11) is 1.52. The lowest BCUT2D eigenvalue weighted by molar-refractivity contribution is -0.143. The molecule has 0 bridgehead atoms. The third-order valence-electron chi connectivity index (χ3n) is 3.99. The number of benzene rings is 1. The normalized spacial score (nSPS) is 12.2. The Hall–Kier alpha value is -3.64. The van der Waals surface area contributed by atoms with E-state index in [1.165, 1.54) is 17.9 Å². The maximum atomic E-state index is 13.1. The zero-order valence-electron chi connectivity index (χ0n) is 15.1.